The largest absolute Gasteiger partial charge is 0.508 e. The summed E-state index contributed by atoms with van der Waals surface area (Å²) in [6.45, 7) is 2.03. The van der Waals surface area contributed by atoms with E-state index in [1.165, 1.54) is 0 Å². The van der Waals surface area contributed by atoms with Gasteiger partial charge in [-0.25, -0.2) is 4.98 Å². The average Bonchev–Trinajstić information content (AvgIpc) is 2.25. The second-order valence-electron chi connectivity index (χ2n) is 3.37. The zero-order valence-electron chi connectivity index (χ0n) is 8.64. The van der Waals surface area contributed by atoms with E-state index >= 15 is 0 Å². The fraction of sp³-hybridized carbons (Fsp3) is 0.0833. The van der Waals surface area contributed by atoms with Crippen molar-refractivity contribution >= 4 is 27.7 Å². The summed E-state index contributed by atoms with van der Waals surface area (Å²) in [5.41, 5.74) is 1.13. The first-order valence-electron chi connectivity index (χ1n) is 4.74. The van der Waals surface area contributed by atoms with Gasteiger partial charge < -0.3 is 5.11 Å². The third-order valence-electron chi connectivity index (χ3n) is 2.05. The van der Waals surface area contributed by atoms with E-state index < -0.39 is 0 Å². The van der Waals surface area contributed by atoms with Crippen molar-refractivity contribution in [3.8, 4) is 5.75 Å². The van der Waals surface area contributed by atoms with Gasteiger partial charge in [0.25, 0.3) is 0 Å². The molecule has 0 unspecified atom stereocenters. The number of hydrogen-bond acceptors (Lipinski definition) is 3. The standard InChI is InChI=1S/C12H10BrNOS/c1-8-6-9(13)7-14-12(8)16-11-4-2-10(15)3-5-11/h2-7,15H,1H3. The molecule has 0 bridgehead atoms. The molecule has 0 saturated heterocycles. The number of aromatic nitrogens is 1. The highest BCUT2D eigenvalue weighted by atomic mass is 79.9. The Hall–Kier alpha value is -1.00. The number of halogens is 1. The molecular formula is C12H10BrNOS. The Labute approximate surface area is 107 Å². The predicted octanol–water partition coefficient (Wildman–Crippen LogP) is 4.01. The second-order valence-corrected chi connectivity index (χ2v) is 5.35. The van der Waals surface area contributed by atoms with Crippen LogP contribution in [0.3, 0.4) is 0 Å². The number of phenolic OH excluding ortho intramolecular Hbond substituents is 1. The summed E-state index contributed by atoms with van der Waals surface area (Å²) in [6, 6.07) is 9.15. The molecule has 2 aromatic rings. The highest BCUT2D eigenvalue weighted by Crippen LogP contribution is 2.30. The molecule has 1 N–H and O–H groups in total. The van der Waals surface area contributed by atoms with Crippen LogP contribution in [0.5, 0.6) is 5.75 Å². The minimum atomic E-state index is 0.282. The molecule has 0 amide bonds. The smallest absolute Gasteiger partial charge is 0.115 e. The van der Waals surface area contributed by atoms with Crippen molar-refractivity contribution in [1.82, 2.24) is 4.98 Å². The van der Waals surface area contributed by atoms with Gasteiger partial charge in [-0.15, -0.1) is 0 Å². The molecule has 0 saturated carbocycles. The van der Waals surface area contributed by atoms with E-state index in [4.69, 9.17) is 0 Å². The summed E-state index contributed by atoms with van der Waals surface area (Å²) in [5, 5.41) is 10.2. The van der Waals surface area contributed by atoms with Crippen LogP contribution in [0.15, 0.2) is 50.9 Å². The topological polar surface area (TPSA) is 33.1 Å². The Morgan fingerprint density at radius 2 is 1.94 bits per heavy atom. The maximum absolute atomic E-state index is 9.18. The predicted molar refractivity (Wildman–Crippen MR) is 68.9 cm³/mol. The van der Waals surface area contributed by atoms with Gasteiger partial charge in [0.05, 0.1) is 0 Å². The summed E-state index contributed by atoms with van der Waals surface area (Å²) < 4.78 is 0.986. The Morgan fingerprint density at radius 3 is 2.56 bits per heavy atom. The quantitative estimate of drug-likeness (QED) is 0.909. The lowest BCUT2D eigenvalue weighted by atomic mass is 10.3. The first kappa shape index (κ1) is 11.5. The number of benzene rings is 1. The molecule has 0 aliphatic carbocycles. The molecule has 16 heavy (non-hydrogen) atoms. The molecule has 82 valence electrons. The Kier molecular flexibility index (Phi) is 3.51. The fourth-order valence-electron chi connectivity index (χ4n) is 1.26. The third kappa shape index (κ3) is 2.77. The monoisotopic (exact) mass is 295 g/mol. The summed E-state index contributed by atoms with van der Waals surface area (Å²) in [4.78, 5) is 5.41. The second kappa shape index (κ2) is 4.89. The lowest BCUT2D eigenvalue weighted by Gasteiger charge is -2.04. The lowest BCUT2D eigenvalue weighted by Crippen LogP contribution is -1.85. The van der Waals surface area contributed by atoms with Crippen LogP contribution in [0.1, 0.15) is 5.56 Å². The van der Waals surface area contributed by atoms with Gasteiger partial charge in [0.1, 0.15) is 10.8 Å². The van der Waals surface area contributed by atoms with Crippen LogP contribution in [0.25, 0.3) is 0 Å². The first-order chi connectivity index (χ1) is 7.65. The van der Waals surface area contributed by atoms with Crippen molar-refractivity contribution in [3.63, 3.8) is 0 Å². The molecule has 0 spiro atoms. The van der Waals surface area contributed by atoms with Crippen LogP contribution in [-0.2, 0) is 0 Å². The van der Waals surface area contributed by atoms with Crippen LogP contribution in [0, 0.1) is 6.92 Å². The van der Waals surface area contributed by atoms with Gasteiger partial charge in [-0.2, -0.15) is 0 Å². The summed E-state index contributed by atoms with van der Waals surface area (Å²) in [6.07, 6.45) is 1.79. The van der Waals surface area contributed by atoms with Gasteiger partial charge in [0.2, 0.25) is 0 Å². The van der Waals surface area contributed by atoms with Crippen LogP contribution < -0.4 is 0 Å². The van der Waals surface area contributed by atoms with Crippen molar-refractivity contribution in [2.45, 2.75) is 16.8 Å². The number of nitrogens with zero attached hydrogens (tertiary/aromatic N) is 1. The molecule has 0 radical (unpaired) electrons. The van der Waals surface area contributed by atoms with Gasteiger partial charge in [-0.05, 0) is 58.7 Å². The molecule has 0 aliphatic rings. The van der Waals surface area contributed by atoms with Crippen molar-refractivity contribution in [2.24, 2.45) is 0 Å². The van der Waals surface area contributed by atoms with Gasteiger partial charge in [-0.1, -0.05) is 11.8 Å². The summed E-state index contributed by atoms with van der Waals surface area (Å²) in [5.74, 6) is 0.282. The molecule has 0 fully saturated rings. The van der Waals surface area contributed by atoms with Crippen LogP contribution in [-0.4, -0.2) is 10.1 Å². The van der Waals surface area contributed by atoms with E-state index in [1.807, 2.05) is 25.1 Å². The average molecular weight is 296 g/mol. The van der Waals surface area contributed by atoms with E-state index in [0.29, 0.717) is 0 Å². The van der Waals surface area contributed by atoms with Gasteiger partial charge in [-0.3, -0.25) is 0 Å². The Morgan fingerprint density at radius 1 is 1.25 bits per heavy atom. The van der Waals surface area contributed by atoms with E-state index in [9.17, 15) is 5.11 Å². The Balaban J connectivity index is 2.23. The van der Waals surface area contributed by atoms with Crippen molar-refractivity contribution < 1.29 is 5.11 Å². The van der Waals surface area contributed by atoms with E-state index in [-0.39, 0.29) is 5.75 Å². The minimum Gasteiger partial charge on any atom is -0.508 e. The minimum absolute atomic E-state index is 0.282. The zero-order valence-corrected chi connectivity index (χ0v) is 11.0. The zero-order chi connectivity index (χ0) is 11.5. The number of aryl methyl sites for hydroxylation is 1. The number of rotatable bonds is 2. The normalized spacial score (nSPS) is 10.4. The maximum Gasteiger partial charge on any atom is 0.115 e. The van der Waals surface area contributed by atoms with E-state index in [1.54, 1.807) is 30.1 Å². The first-order valence-corrected chi connectivity index (χ1v) is 6.35. The number of aromatic hydroxyl groups is 1. The van der Waals surface area contributed by atoms with E-state index in [0.717, 1.165) is 20.0 Å². The molecule has 1 aromatic heterocycles. The summed E-state index contributed by atoms with van der Waals surface area (Å²) >= 11 is 4.97. The highest BCUT2D eigenvalue weighted by Gasteiger charge is 2.03. The third-order valence-corrected chi connectivity index (χ3v) is 3.61. The molecule has 2 nitrogen and oxygen atoms in total. The van der Waals surface area contributed by atoms with Crippen molar-refractivity contribution in [3.05, 3.63) is 46.6 Å². The molecule has 2 rings (SSSR count). The maximum atomic E-state index is 9.18. The van der Waals surface area contributed by atoms with Gasteiger partial charge in [0, 0.05) is 15.6 Å². The van der Waals surface area contributed by atoms with E-state index in [2.05, 4.69) is 20.9 Å². The van der Waals surface area contributed by atoms with Crippen LogP contribution in [0.4, 0.5) is 0 Å². The SMILES string of the molecule is Cc1cc(Br)cnc1Sc1ccc(O)cc1. The molecule has 4 heteroatoms. The van der Waals surface area contributed by atoms with Crippen molar-refractivity contribution in [1.29, 1.82) is 0 Å². The number of pyridine rings is 1. The highest BCUT2D eigenvalue weighted by molar-refractivity contribution is 9.10. The number of phenols is 1. The molecule has 1 aromatic carbocycles. The molecule has 0 aliphatic heterocycles. The molecule has 1 heterocycles. The summed E-state index contributed by atoms with van der Waals surface area (Å²) in [7, 11) is 0. The van der Waals surface area contributed by atoms with Gasteiger partial charge >= 0.3 is 0 Å². The number of hydrogen-bond donors (Lipinski definition) is 1. The lowest BCUT2D eigenvalue weighted by molar-refractivity contribution is 0.475. The van der Waals surface area contributed by atoms with Crippen LogP contribution >= 0.6 is 27.7 Å². The van der Waals surface area contributed by atoms with Gasteiger partial charge in [0.15, 0.2) is 0 Å². The van der Waals surface area contributed by atoms with Crippen LogP contribution in [0.2, 0.25) is 0 Å². The fourth-order valence-corrected chi connectivity index (χ4v) is 2.53. The molecular weight excluding hydrogens is 286 g/mol. The Bertz CT molecular complexity index is 499. The molecule has 0 atom stereocenters. The van der Waals surface area contributed by atoms with Crippen molar-refractivity contribution in [2.75, 3.05) is 0 Å².